The van der Waals surface area contributed by atoms with Crippen LogP contribution in [-0.2, 0) is 41.7 Å². The van der Waals surface area contributed by atoms with Gasteiger partial charge in [-0.2, -0.15) is 0 Å². The molecule has 9 heteroatoms. The van der Waals surface area contributed by atoms with E-state index in [1.54, 1.807) is 0 Å². The van der Waals surface area contributed by atoms with E-state index in [9.17, 15) is 10.2 Å². The van der Waals surface area contributed by atoms with E-state index in [-0.39, 0.29) is 27.5 Å². The van der Waals surface area contributed by atoms with Gasteiger partial charge in [0.1, 0.15) is 12.5 Å². The van der Waals surface area contributed by atoms with Gasteiger partial charge in [0, 0.05) is 0 Å². The molecular weight excluding hydrogens is 595 g/mol. The Kier molecular flexibility index (Phi) is 15.7. The minimum Gasteiger partial charge on any atom is -0.758 e. The zero-order valence-electron chi connectivity index (χ0n) is 24.1. The minimum atomic E-state index is -0.747. The van der Waals surface area contributed by atoms with Crippen LogP contribution in [0.4, 0.5) is 0 Å². The molecule has 0 aliphatic rings. The van der Waals surface area contributed by atoms with Gasteiger partial charge < -0.3 is 45.3 Å². The van der Waals surface area contributed by atoms with Gasteiger partial charge in [0.2, 0.25) is 0 Å². The SMILES string of the molecule is CCN(CC)C([S-])NC(O)c1ccc2ccccc2c1.CCN(CC)C([S-])NC(O)c1ccc2ccccc2c1.[Ni+2]. The van der Waals surface area contributed by atoms with Crippen LogP contribution in [0.25, 0.3) is 21.5 Å². The van der Waals surface area contributed by atoms with Gasteiger partial charge in [0.25, 0.3) is 0 Å². The Labute approximate surface area is 266 Å². The first-order chi connectivity index (χ1) is 19.3. The number of rotatable bonds is 12. The van der Waals surface area contributed by atoms with Crippen molar-refractivity contribution in [1.82, 2.24) is 20.4 Å². The second-order valence-electron chi connectivity index (χ2n) is 9.50. The van der Waals surface area contributed by atoms with Gasteiger partial charge in [-0.25, -0.2) is 0 Å². The van der Waals surface area contributed by atoms with Gasteiger partial charge in [-0.05, 0) is 71.0 Å². The van der Waals surface area contributed by atoms with Gasteiger partial charge in [0.15, 0.2) is 0 Å². The molecule has 0 heterocycles. The van der Waals surface area contributed by atoms with E-state index in [2.05, 4.69) is 60.3 Å². The molecule has 0 amide bonds. The Balaban J connectivity index is 0.000000280. The van der Waals surface area contributed by atoms with Crippen molar-refractivity contribution >= 4 is 46.8 Å². The maximum Gasteiger partial charge on any atom is 2.00 e. The maximum atomic E-state index is 10.3. The van der Waals surface area contributed by atoms with Crippen LogP contribution < -0.4 is 10.6 Å². The molecule has 0 aromatic heterocycles. The summed E-state index contributed by atoms with van der Waals surface area (Å²) in [5, 5.41) is 31.3. The summed E-state index contributed by atoms with van der Waals surface area (Å²) in [5.74, 6) is 0. The fourth-order valence-corrected chi connectivity index (χ4v) is 5.39. The van der Waals surface area contributed by atoms with Crippen LogP contribution >= 0.6 is 0 Å². The molecule has 6 nitrogen and oxygen atoms in total. The number of nitrogens with zero attached hydrogens (tertiary/aromatic N) is 2. The molecule has 4 unspecified atom stereocenters. The summed E-state index contributed by atoms with van der Waals surface area (Å²) in [7, 11) is 0. The van der Waals surface area contributed by atoms with Gasteiger partial charge in [-0.15, -0.1) is 0 Å². The Morgan fingerprint density at radius 2 is 0.878 bits per heavy atom. The first-order valence-corrected chi connectivity index (χ1v) is 14.9. The van der Waals surface area contributed by atoms with Gasteiger partial charge >= 0.3 is 16.5 Å². The molecule has 4 aromatic carbocycles. The largest absolute Gasteiger partial charge is 2.00 e. The predicted molar refractivity (Wildman–Crippen MR) is 172 cm³/mol. The third kappa shape index (κ3) is 10.2. The third-order valence-electron chi connectivity index (χ3n) is 7.07. The molecule has 4 aromatic rings. The van der Waals surface area contributed by atoms with Crippen molar-refractivity contribution in [2.75, 3.05) is 26.2 Å². The monoisotopic (exact) mass is 636 g/mol. The maximum absolute atomic E-state index is 10.3. The fourth-order valence-electron chi connectivity index (χ4n) is 4.54. The van der Waals surface area contributed by atoms with Crippen molar-refractivity contribution in [3.05, 3.63) is 96.1 Å². The average molecular weight is 638 g/mol. The average Bonchev–Trinajstić information content (AvgIpc) is 2.98. The van der Waals surface area contributed by atoms with E-state index in [4.69, 9.17) is 25.3 Å². The normalized spacial score (nSPS) is 14.3. The molecule has 0 aliphatic heterocycles. The van der Waals surface area contributed by atoms with Crippen LogP contribution in [0.2, 0.25) is 0 Å². The zero-order chi connectivity index (χ0) is 29.1. The number of aliphatic hydroxyl groups excluding tert-OH is 2. The van der Waals surface area contributed by atoms with Crippen molar-refractivity contribution in [3.63, 3.8) is 0 Å². The van der Waals surface area contributed by atoms with Gasteiger partial charge in [-0.1, -0.05) is 111 Å². The second-order valence-corrected chi connectivity index (χ2v) is 10.4. The van der Waals surface area contributed by atoms with E-state index < -0.39 is 12.5 Å². The molecule has 224 valence electrons. The topological polar surface area (TPSA) is 71.0 Å². The molecule has 0 aliphatic carbocycles. The van der Waals surface area contributed by atoms with Crippen LogP contribution in [0.1, 0.15) is 51.3 Å². The van der Waals surface area contributed by atoms with Crippen molar-refractivity contribution in [1.29, 1.82) is 0 Å². The van der Waals surface area contributed by atoms with Gasteiger partial charge in [-0.3, -0.25) is 10.6 Å². The summed E-state index contributed by atoms with van der Waals surface area (Å²) < 4.78 is 0. The van der Waals surface area contributed by atoms with Crippen molar-refractivity contribution in [3.8, 4) is 0 Å². The summed E-state index contributed by atoms with van der Waals surface area (Å²) in [4.78, 5) is 4.17. The predicted octanol–water partition coefficient (Wildman–Crippen LogP) is 5.18. The molecule has 0 bridgehead atoms. The summed E-state index contributed by atoms with van der Waals surface area (Å²) in [5.41, 5.74) is 1.13. The summed E-state index contributed by atoms with van der Waals surface area (Å²) in [6.45, 7) is 11.7. The van der Waals surface area contributed by atoms with Crippen LogP contribution in [-0.4, -0.2) is 57.2 Å². The smallest absolute Gasteiger partial charge is 0.758 e. The standard InChI is InChI=1S/2C16H22N2OS.Ni/c2*1-3-18(4-2)16(20)17-15(19)14-10-9-12-7-5-6-8-13(12)11-14;/h2*5-11,15-17,19-20H,3-4H2,1-2H3;/q;;+2/p-2. The Morgan fingerprint density at radius 3 is 1.20 bits per heavy atom. The van der Waals surface area contributed by atoms with E-state index in [1.807, 2.05) is 72.8 Å². The third-order valence-corrected chi connectivity index (χ3v) is 7.94. The van der Waals surface area contributed by atoms with E-state index in [0.29, 0.717) is 0 Å². The molecule has 0 fully saturated rings. The van der Waals surface area contributed by atoms with Crippen LogP contribution in [0, 0.1) is 0 Å². The molecular formula is C32H42N4NiO2S2. The number of aliphatic hydroxyl groups is 2. The van der Waals surface area contributed by atoms with E-state index >= 15 is 0 Å². The molecule has 0 spiro atoms. The van der Waals surface area contributed by atoms with Crippen molar-refractivity contribution in [2.24, 2.45) is 0 Å². The van der Waals surface area contributed by atoms with Crippen molar-refractivity contribution < 1.29 is 26.7 Å². The minimum absolute atomic E-state index is 0. The first kappa shape index (κ1) is 35.5. The van der Waals surface area contributed by atoms with E-state index in [0.717, 1.165) is 48.1 Å². The Morgan fingerprint density at radius 1 is 0.561 bits per heavy atom. The molecule has 0 radical (unpaired) electrons. The molecule has 4 N–H and O–H groups in total. The molecule has 0 saturated heterocycles. The second kappa shape index (κ2) is 18.1. The molecule has 4 rings (SSSR count). The quantitative estimate of drug-likeness (QED) is 0.0963. The number of fused-ring (bicyclic) bond motifs is 2. The number of nitrogens with one attached hydrogen (secondary N) is 2. The van der Waals surface area contributed by atoms with Crippen molar-refractivity contribution in [2.45, 2.75) is 51.1 Å². The van der Waals surface area contributed by atoms with Crippen LogP contribution in [0.3, 0.4) is 0 Å². The molecule has 41 heavy (non-hydrogen) atoms. The summed E-state index contributed by atoms with van der Waals surface area (Å²) in [6.07, 6.45) is -1.49. The number of hydrogen-bond acceptors (Lipinski definition) is 8. The van der Waals surface area contributed by atoms with E-state index in [1.165, 1.54) is 10.8 Å². The number of hydrogen-bond donors (Lipinski definition) is 4. The summed E-state index contributed by atoms with van der Waals surface area (Å²) >= 11 is 10.8. The first-order valence-electron chi connectivity index (χ1n) is 14.0. The Bertz CT molecular complexity index is 1220. The molecule has 0 saturated carbocycles. The Hall–Kier alpha value is -1.65. The zero-order valence-corrected chi connectivity index (χ0v) is 26.8. The van der Waals surface area contributed by atoms with Crippen LogP contribution in [0.15, 0.2) is 84.9 Å². The molecule has 4 atom stereocenters. The number of benzene rings is 4. The fraction of sp³-hybridized carbons (Fsp3) is 0.375. The van der Waals surface area contributed by atoms with Crippen LogP contribution in [0.5, 0.6) is 0 Å². The van der Waals surface area contributed by atoms with Gasteiger partial charge in [0.05, 0.1) is 0 Å². The summed E-state index contributed by atoms with van der Waals surface area (Å²) in [6, 6.07) is 28.1.